The first kappa shape index (κ1) is 16.2. The van der Waals surface area contributed by atoms with Crippen molar-refractivity contribution in [1.29, 1.82) is 0 Å². The standard InChI is InChI=1S/C9H13N3.ClH.Zn/c1-3-11-9-5-4-8(12-10)6-7(9)2;;/h4-6,9,11H,3H2,1-2H3;1H;. The first-order chi connectivity index (χ1) is 5.77. The number of allylic oxidation sites excluding steroid dienone is 2. The summed E-state index contributed by atoms with van der Waals surface area (Å²) in [6.45, 7) is 5.02. The predicted octanol–water partition coefficient (Wildman–Crippen LogP) is 1.57. The first-order valence-electron chi connectivity index (χ1n) is 4.09. The average Bonchev–Trinajstić information content (AvgIpc) is 2.09. The van der Waals surface area contributed by atoms with E-state index in [-0.39, 0.29) is 31.9 Å². The van der Waals surface area contributed by atoms with Gasteiger partial charge in [0.1, 0.15) is 0 Å². The average molecular weight is 265 g/mol. The molecule has 74 valence electrons. The Hall–Kier alpha value is -0.267. The van der Waals surface area contributed by atoms with Crippen molar-refractivity contribution in [2.24, 2.45) is 0 Å². The molecule has 1 aliphatic rings. The van der Waals surface area contributed by atoms with Crippen molar-refractivity contribution in [3.8, 4) is 0 Å². The monoisotopic (exact) mass is 263 g/mol. The number of rotatable bonds is 2. The number of nitrogens with one attached hydrogen (secondary N) is 1. The van der Waals surface area contributed by atoms with Crippen molar-refractivity contribution in [2.75, 3.05) is 6.54 Å². The Balaban J connectivity index is 0. The molecule has 3 nitrogen and oxygen atoms in total. The molecule has 0 saturated heterocycles. The molecular weight excluding hydrogens is 251 g/mol. The molecule has 0 aromatic carbocycles. The Morgan fingerprint density at radius 3 is 2.64 bits per heavy atom. The Morgan fingerprint density at radius 1 is 1.57 bits per heavy atom. The minimum Gasteiger partial charge on any atom is -0.361 e. The zero-order valence-corrected chi connectivity index (χ0v) is 12.3. The van der Waals surface area contributed by atoms with Gasteiger partial charge < -0.3 is 10.8 Å². The molecule has 0 spiro atoms. The van der Waals surface area contributed by atoms with Gasteiger partial charge in [0.2, 0.25) is 0 Å². The molecule has 0 saturated carbocycles. The van der Waals surface area contributed by atoms with Gasteiger partial charge in [-0.25, -0.2) is 0 Å². The summed E-state index contributed by atoms with van der Waals surface area (Å²) in [6.07, 6.45) is 5.67. The van der Waals surface area contributed by atoms with Gasteiger partial charge in [-0.1, -0.05) is 13.0 Å². The molecule has 0 aromatic heterocycles. The fourth-order valence-corrected chi connectivity index (χ4v) is 1.23. The van der Waals surface area contributed by atoms with E-state index in [9.17, 15) is 0 Å². The normalized spacial score (nSPS) is 18.9. The maximum absolute atomic E-state index is 8.50. The van der Waals surface area contributed by atoms with Crippen molar-refractivity contribution in [3.63, 3.8) is 0 Å². The van der Waals surface area contributed by atoms with Crippen molar-refractivity contribution >= 4 is 18.1 Å². The molecule has 0 heterocycles. The van der Waals surface area contributed by atoms with Crippen LogP contribution >= 0.6 is 12.4 Å². The maximum Gasteiger partial charge on any atom is 0.315 e. The molecule has 0 amide bonds. The third kappa shape index (κ3) is 4.30. The van der Waals surface area contributed by atoms with E-state index in [0.29, 0.717) is 11.8 Å². The van der Waals surface area contributed by atoms with E-state index in [2.05, 4.69) is 17.0 Å². The topological polar surface area (TPSA) is 48.4 Å². The van der Waals surface area contributed by atoms with Gasteiger partial charge in [-0.15, -0.1) is 12.4 Å². The second-order valence-corrected chi connectivity index (χ2v) is 2.81. The number of hydrogen-bond acceptors (Lipinski definition) is 1. The molecule has 0 aliphatic heterocycles. The third-order valence-electron chi connectivity index (χ3n) is 1.87. The largest absolute Gasteiger partial charge is 0.361 e. The van der Waals surface area contributed by atoms with Gasteiger partial charge >= 0.3 is 5.71 Å². The van der Waals surface area contributed by atoms with Crippen LogP contribution in [-0.4, -0.2) is 23.1 Å². The second kappa shape index (κ2) is 8.08. The minimum absolute atomic E-state index is 0. The number of hydrogen-bond donors (Lipinski definition) is 1. The third-order valence-corrected chi connectivity index (χ3v) is 1.87. The van der Waals surface area contributed by atoms with Crippen LogP contribution in [0.1, 0.15) is 13.8 Å². The molecule has 1 atom stereocenters. The number of likely N-dealkylation sites (N-methyl/N-ethyl adjacent to an activating group) is 1. The zero-order chi connectivity index (χ0) is 8.97. The summed E-state index contributed by atoms with van der Waals surface area (Å²) in [5.41, 5.74) is 10.3. The van der Waals surface area contributed by atoms with Gasteiger partial charge in [0.05, 0.1) is 0 Å². The van der Waals surface area contributed by atoms with Gasteiger partial charge in [-0.2, -0.15) is 4.79 Å². The van der Waals surface area contributed by atoms with Crippen LogP contribution in [0.15, 0.2) is 23.8 Å². The van der Waals surface area contributed by atoms with Gasteiger partial charge in [0.25, 0.3) is 0 Å². The summed E-state index contributed by atoms with van der Waals surface area (Å²) in [5, 5.41) is 3.29. The smallest absolute Gasteiger partial charge is 0.315 e. The van der Waals surface area contributed by atoms with Crippen molar-refractivity contribution in [3.05, 3.63) is 29.3 Å². The molecule has 1 rings (SSSR count). The van der Waals surface area contributed by atoms with Gasteiger partial charge in [0, 0.05) is 37.7 Å². The summed E-state index contributed by atoms with van der Waals surface area (Å²) in [5.74, 6) is 0. The van der Waals surface area contributed by atoms with Crippen LogP contribution in [0.3, 0.4) is 0 Å². The number of nitrogens with zero attached hydrogens (tertiary/aromatic N) is 2. The van der Waals surface area contributed by atoms with Crippen LogP contribution in [0.5, 0.6) is 0 Å². The molecule has 0 radical (unpaired) electrons. The summed E-state index contributed by atoms with van der Waals surface area (Å²) in [6, 6.07) is 0.292. The molecule has 0 fully saturated rings. The van der Waals surface area contributed by atoms with Crippen molar-refractivity contribution < 1.29 is 24.3 Å². The molecular formula is C9H14ClN3Zn. The first-order valence-corrected chi connectivity index (χ1v) is 4.09. The van der Waals surface area contributed by atoms with Crippen LogP contribution in [0.2, 0.25) is 0 Å². The number of halogens is 1. The summed E-state index contributed by atoms with van der Waals surface area (Å²) < 4.78 is 0. The molecule has 1 unspecified atom stereocenters. The van der Waals surface area contributed by atoms with Crippen LogP contribution in [0.4, 0.5) is 0 Å². The minimum atomic E-state index is 0. The Morgan fingerprint density at radius 2 is 2.21 bits per heavy atom. The van der Waals surface area contributed by atoms with E-state index in [4.69, 9.17) is 5.53 Å². The van der Waals surface area contributed by atoms with Crippen LogP contribution in [0.25, 0.3) is 5.53 Å². The molecule has 1 aliphatic carbocycles. The zero-order valence-electron chi connectivity index (χ0n) is 8.53. The summed E-state index contributed by atoms with van der Waals surface area (Å²) in [4.78, 5) is 3.12. The predicted molar refractivity (Wildman–Crippen MR) is 56.2 cm³/mol. The van der Waals surface area contributed by atoms with E-state index in [0.717, 1.165) is 6.54 Å². The fourth-order valence-electron chi connectivity index (χ4n) is 1.23. The van der Waals surface area contributed by atoms with Crippen LogP contribution in [0, 0.1) is 0 Å². The molecule has 5 heteroatoms. The van der Waals surface area contributed by atoms with Crippen molar-refractivity contribution in [1.82, 2.24) is 5.32 Å². The summed E-state index contributed by atoms with van der Waals surface area (Å²) >= 11 is 0. The van der Waals surface area contributed by atoms with Crippen molar-refractivity contribution in [2.45, 2.75) is 19.9 Å². The quantitative estimate of drug-likeness (QED) is 0.460. The Kier molecular flexibility index (Phi) is 9.33. The van der Waals surface area contributed by atoms with Crippen LogP contribution < -0.4 is 5.32 Å². The second-order valence-electron chi connectivity index (χ2n) is 2.81. The Labute approximate surface area is 103 Å². The van der Waals surface area contributed by atoms with Gasteiger partial charge in [-0.05, 0) is 19.0 Å². The summed E-state index contributed by atoms with van der Waals surface area (Å²) in [7, 11) is 0. The fraction of sp³-hybridized carbons (Fsp3) is 0.444. The van der Waals surface area contributed by atoms with Crippen LogP contribution in [-0.2, 0) is 19.5 Å². The molecule has 14 heavy (non-hydrogen) atoms. The van der Waals surface area contributed by atoms with E-state index >= 15 is 0 Å². The maximum atomic E-state index is 8.50. The van der Waals surface area contributed by atoms with E-state index < -0.39 is 0 Å². The molecule has 1 N–H and O–H groups in total. The van der Waals surface area contributed by atoms with Gasteiger partial charge in [-0.3, -0.25) is 0 Å². The SMILES string of the molecule is CCNC1C=CC(=[N+]=[N-])C=C1C.Cl.[Zn]. The van der Waals surface area contributed by atoms with E-state index in [1.165, 1.54) is 5.57 Å². The molecule has 0 aromatic rings. The molecule has 0 bridgehead atoms. The van der Waals surface area contributed by atoms with E-state index in [1.807, 2.05) is 19.1 Å². The Bertz CT molecular complexity index is 280. The van der Waals surface area contributed by atoms with Gasteiger partial charge in [0.15, 0.2) is 0 Å². The van der Waals surface area contributed by atoms with E-state index in [1.54, 1.807) is 6.08 Å².